The molecule has 0 aromatic rings. The number of carbonyl (C=O) groups is 1. The molecule has 0 aliphatic rings. The number of aliphatic carboxylic acids is 1. The largest absolute Gasteiger partial charge is 0.481 e. The number of carboxylic acid groups (broad SMARTS) is 1. The van der Waals surface area contributed by atoms with Crippen molar-refractivity contribution in [1.29, 1.82) is 0 Å². The molecule has 5 nitrogen and oxygen atoms in total. The van der Waals surface area contributed by atoms with Gasteiger partial charge in [0.15, 0.2) is 0 Å². The smallest absolute Gasteiger partial charge is 0.303 e. The van der Waals surface area contributed by atoms with Crippen molar-refractivity contribution in [2.45, 2.75) is 70.2 Å². The number of aliphatic hydroxyl groups is 3. The molecule has 152 valence electrons. The van der Waals surface area contributed by atoms with Crippen LogP contribution in [0.15, 0.2) is 60.8 Å². The number of hydrogen-bond acceptors (Lipinski definition) is 4. The SMILES string of the molecule is CC/C=C\C[C@H](O)/C=C/C=C\C=C\C=C\[C@@H](O)[C@@H](O)CCCCCC(=O)O. The van der Waals surface area contributed by atoms with Gasteiger partial charge in [-0.25, -0.2) is 0 Å². The van der Waals surface area contributed by atoms with Crippen molar-refractivity contribution in [1.82, 2.24) is 0 Å². The van der Waals surface area contributed by atoms with Crippen molar-refractivity contribution in [2.75, 3.05) is 0 Å². The van der Waals surface area contributed by atoms with E-state index in [9.17, 15) is 20.1 Å². The maximum atomic E-state index is 10.4. The average Bonchev–Trinajstić information content (AvgIpc) is 2.63. The van der Waals surface area contributed by atoms with Crippen LogP contribution in [0.5, 0.6) is 0 Å². The van der Waals surface area contributed by atoms with Gasteiger partial charge in [0.25, 0.3) is 0 Å². The van der Waals surface area contributed by atoms with Gasteiger partial charge in [0, 0.05) is 6.42 Å². The molecule has 3 atom stereocenters. The molecule has 0 heterocycles. The molecule has 0 rings (SSSR count). The summed E-state index contributed by atoms with van der Waals surface area (Å²) in [5.74, 6) is -0.810. The Bertz CT molecular complexity index is 517. The van der Waals surface area contributed by atoms with Crippen LogP contribution in [0.1, 0.15) is 51.9 Å². The third-order valence-electron chi connectivity index (χ3n) is 3.76. The second-order valence-corrected chi connectivity index (χ2v) is 6.27. The predicted octanol–water partition coefficient (Wildman–Crippen LogP) is 3.69. The highest BCUT2D eigenvalue weighted by Gasteiger charge is 2.12. The minimum absolute atomic E-state index is 0.140. The number of carboxylic acids is 1. The summed E-state index contributed by atoms with van der Waals surface area (Å²) in [6.45, 7) is 2.05. The Labute approximate surface area is 162 Å². The van der Waals surface area contributed by atoms with E-state index in [2.05, 4.69) is 0 Å². The van der Waals surface area contributed by atoms with Crippen LogP contribution in [0.25, 0.3) is 0 Å². The zero-order valence-corrected chi connectivity index (χ0v) is 16.2. The highest BCUT2D eigenvalue weighted by molar-refractivity contribution is 5.66. The second-order valence-electron chi connectivity index (χ2n) is 6.27. The summed E-state index contributed by atoms with van der Waals surface area (Å²) in [7, 11) is 0. The van der Waals surface area contributed by atoms with Crippen LogP contribution in [-0.2, 0) is 4.79 Å². The van der Waals surface area contributed by atoms with Gasteiger partial charge in [-0.2, -0.15) is 0 Å². The monoisotopic (exact) mass is 378 g/mol. The van der Waals surface area contributed by atoms with Gasteiger partial charge >= 0.3 is 5.97 Å². The molecule has 0 radical (unpaired) electrons. The van der Waals surface area contributed by atoms with Gasteiger partial charge < -0.3 is 20.4 Å². The Morgan fingerprint density at radius 2 is 1.48 bits per heavy atom. The highest BCUT2D eigenvalue weighted by atomic mass is 16.4. The van der Waals surface area contributed by atoms with E-state index >= 15 is 0 Å². The second kappa shape index (κ2) is 17.5. The fourth-order valence-corrected chi connectivity index (χ4v) is 2.21. The minimum Gasteiger partial charge on any atom is -0.481 e. The maximum Gasteiger partial charge on any atom is 0.303 e. The van der Waals surface area contributed by atoms with E-state index < -0.39 is 24.3 Å². The van der Waals surface area contributed by atoms with Crippen LogP contribution < -0.4 is 0 Å². The lowest BCUT2D eigenvalue weighted by Gasteiger charge is -2.13. The van der Waals surface area contributed by atoms with E-state index in [1.54, 1.807) is 42.5 Å². The first-order valence-electron chi connectivity index (χ1n) is 9.56. The third kappa shape index (κ3) is 17.2. The molecule has 0 spiro atoms. The Kier molecular flexibility index (Phi) is 16.2. The fraction of sp³-hybridized carbons (Fsp3) is 0.500. The Morgan fingerprint density at radius 3 is 2.11 bits per heavy atom. The topological polar surface area (TPSA) is 98.0 Å². The molecular weight excluding hydrogens is 344 g/mol. The first kappa shape index (κ1) is 25.1. The first-order chi connectivity index (χ1) is 13.0. The quantitative estimate of drug-likeness (QED) is 0.198. The number of allylic oxidation sites excluding steroid dienone is 7. The van der Waals surface area contributed by atoms with Gasteiger partial charge in [0.1, 0.15) is 0 Å². The molecule has 0 fully saturated rings. The molecule has 0 bridgehead atoms. The first-order valence-corrected chi connectivity index (χ1v) is 9.56. The zero-order valence-electron chi connectivity index (χ0n) is 16.2. The lowest BCUT2D eigenvalue weighted by atomic mass is 10.0. The molecule has 5 heteroatoms. The van der Waals surface area contributed by atoms with Crippen LogP contribution >= 0.6 is 0 Å². The number of rotatable bonds is 15. The summed E-state index contributed by atoms with van der Waals surface area (Å²) < 4.78 is 0. The zero-order chi connectivity index (χ0) is 20.3. The van der Waals surface area contributed by atoms with Crippen molar-refractivity contribution in [3.8, 4) is 0 Å². The van der Waals surface area contributed by atoms with Gasteiger partial charge in [0.05, 0.1) is 18.3 Å². The normalized spacial score (nSPS) is 16.3. The van der Waals surface area contributed by atoms with E-state index in [1.165, 1.54) is 6.08 Å². The summed E-state index contributed by atoms with van der Waals surface area (Å²) in [6.07, 6.45) is 19.7. The Morgan fingerprint density at radius 1 is 0.852 bits per heavy atom. The van der Waals surface area contributed by atoms with E-state index in [0.29, 0.717) is 25.7 Å². The van der Waals surface area contributed by atoms with E-state index in [1.807, 2.05) is 19.1 Å². The molecule has 0 aliphatic heterocycles. The van der Waals surface area contributed by atoms with Gasteiger partial charge in [-0.3, -0.25) is 4.79 Å². The molecule has 0 unspecified atom stereocenters. The standard InChI is InChI=1S/C22H34O5/c1-2-3-9-14-19(23)15-10-6-4-5-7-11-16-20(24)21(25)17-12-8-13-18-22(26)27/h3-7,9-11,15-16,19-21,23-25H,2,8,12-14,17-18H2,1H3,(H,26,27)/b6-4-,7-5+,9-3-,15-10+,16-11+/t19-,20+,21-/m0/s1. The van der Waals surface area contributed by atoms with E-state index in [0.717, 1.165) is 12.8 Å². The van der Waals surface area contributed by atoms with E-state index in [4.69, 9.17) is 5.11 Å². The van der Waals surface area contributed by atoms with Gasteiger partial charge in [-0.1, -0.05) is 80.5 Å². The number of aliphatic hydroxyl groups excluding tert-OH is 3. The summed E-state index contributed by atoms with van der Waals surface area (Å²) in [6, 6.07) is 0. The molecule has 0 saturated heterocycles. The van der Waals surface area contributed by atoms with Crippen molar-refractivity contribution >= 4 is 5.97 Å². The number of unbranched alkanes of at least 4 members (excludes halogenated alkanes) is 2. The average molecular weight is 379 g/mol. The molecule has 0 aromatic carbocycles. The summed E-state index contributed by atoms with van der Waals surface area (Å²) in [4.78, 5) is 10.4. The summed E-state index contributed by atoms with van der Waals surface area (Å²) in [5.41, 5.74) is 0. The molecule has 4 N–H and O–H groups in total. The Hall–Kier alpha value is -1.95. The number of hydrogen-bond donors (Lipinski definition) is 4. The van der Waals surface area contributed by atoms with Crippen molar-refractivity contribution < 1.29 is 25.2 Å². The summed E-state index contributed by atoms with van der Waals surface area (Å²) >= 11 is 0. The molecule has 0 aromatic heterocycles. The van der Waals surface area contributed by atoms with Crippen LogP contribution in [0.2, 0.25) is 0 Å². The van der Waals surface area contributed by atoms with Gasteiger partial charge in [-0.05, 0) is 25.7 Å². The predicted molar refractivity (Wildman–Crippen MR) is 109 cm³/mol. The van der Waals surface area contributed by atoms with Crippen LogP contribution in [0.3, 0.4) is 0 Å². The Balaban J connectivity index is 3.96. The van der Waals surface area contributed by atoms with Crippen molar-refractivity contribution in [3.05, 3.63) is 60.8 Å². The van der Waals surface area contributed by atoms with Crippen LogP contribution in [0.4, 0.5) is 0 Å². The van der Waals surface area contributed by atoms with Gasteiger partial charge in [-0.15, -0.1) is 0 Å². The maximum absolute atomic E-state index is 10.4. The van der Waals surface area contributed by atoms with Crippen LogP contribution in [0, 0.1) is 0 Å². The van der Waals surface area contributed by atoms with Crippen molar-refractivity contribution in [2.24, 2.45) is 0 Å². The molecule has 0 aliphatic carbocycles. The minimum atomic E-state index is -0.940. The molecule has 0 saturated carbocycles. The van der Waals surface area contributed by atoms with Crippen LogP contribution in [-0.4, -0.2) is 44.7 Å². The van der Waals surface area contributed by atoms with E-state index in [-0.39, 0.29) is 6.42 Å². The molecule has 27 heavy (non-hydrogen) atoms. The van der Waals surface area contributed by atoms with Gasteiger partial charge in [0.2, 0.25) is 0 Å². The highest BCUT2D eigenvalue weighted by Crippen LogP contribution is 2.09. The lowest BCUT2D eigenvalue weighted by Crippen LogP contribution is -2.23. The third-order valence-corrected chi connectivity index (χ3v) is 3.76. The van der Waals surface area contributed by atoms with Crippen molar-refractivity contribution in [3.63, 3.8) is 0 Å². The molecular formula is C22H34O5. The lowest BCUT2D eigenvalue weighted by molar-refractivity contribution is -0.137. The molecule has 0 amide bonds. The summed E-state index contributed by atoms with van der Waals surface area (Å²) in [5, 5.41) is 37.9. The fourth-order valence-electron chi connectivity index (χ4n) is 2.21.